The van der Waals surface area contributed by atoms with Crippen molar-refractivity contribution in [2.75, 3.05) is 12.4 Å². The second-order valence-corrected chi connectivity index (χ2v) is 5.05. The number of hydrogen-bond acceptors (Lipinski definition) is 4. The number of benzene rings is 2. The van der Waals surface area contributed by atoms with Crippen molar-refractivity contribution in [1.82, 2.24) is 10.1 Å². The maximum absolute atomic E-state index is 5.38. The van der Waals surface area contributed by atoms with Crippen LogP contribution in [0.25, 0.3) is 22.8 Å². The van der Waals surface area contributed by atoms with Crippen molar-refractivity contribution in [3.63, 3.8) is 0 Å². The van der Waals surface area contributed by atoms with Gasteiger partial charge in [-0.1, -0.05) is 45.4 Å². The lowest BCUT2D eigenvalue weighted by Gasteiger charge is -2.03. The lowest BCUT2D eigenvalue weighted by Crippen LogP contribution is -1.91. The van der Waals surface area contributed by atoms with Crippen molar-refractivity contribution in [3.05, 3.63) is 53.0 Å². The van der Waals surface area contributed by atoms with Gasteiger partial charge in [0.25, 0.3) is 5.89 Å². The third-order valence-electron chi connectivity index (χ3n) is 2.97. The predicted molar refractivity (Wildman–Crippen MR) is 82.4 cm³/mol. The average Bonchev–Trinajstić information content (AvgIpc) is 2.97. The Balaban J connectivity index is 2.05. The smallest absolute Gasteiger partial charge is 0.260 e. The summed E-state index contributed by atoms with van der Waals surface area (Å²) in [6, 6.07) is 15.6. The highest BCUT2D eigenvalue weighted by Crippen LogP contribution is 2.30. The topological polar surface area (TPSA) is 51.0 Å². The van der Waals surface area contributed by atoms with E-state index >= 15 is 0 Å². The van der Waals surface area contributed by atoms with Crippen molar-refractivity contribution in [3.8, 4) is 22.8 Å². The number of para-hydroxylation sites is 1. The Hall–Kier alpha value is -2.14. The minimum atomic E-state index is 0.501. The van der Waals surface area contributed by atoms with Gasteiger partial charge in [0.15, 0.2) is 0 Å². The molecule has 5 heteroatoms. The molecule has 0 spiro atoms. The Morgan fingerprint density at radius 1 is 1.00 bits per heavy atom. The first-order chi connectivity index (χ1) is 9.79. The zero-order valence-electron chi connectivity index (χ0n) is 10.8. The van der Waals surface area contributed by atoms with Gasteiger partial charge in [0, 0.05) is 22.8 Å². The molecule has 0 unspecified atom stereocenters. The van der Waals surface area contributed by atoms with Gasteiger partial charge in [-0.15, -0.1) is 0 Å². The van der Waals surface area contributed by atoms with Gasteiger partial charge in [-0.3, -0.25) is 0 Å². The van der Waals surface area contributed by atoms with Crippen LogP contribution in [-0.2, 0) is 0 Å². The molecule has 0 bridgehead atoms. The standard InChI is InChI=1S/C15H12BrN3O/c1-17-13-9-5-3-7-11(13)15-18-14(19-20-15)10-6-2-4-8-12(10)16/h2-9,17H,1H3. The first kappa shape index (κ1) is 12.9. The van der Waals surface area contributed by atoms with E-state index in [0.29, 0.717) is 11.7 Å². The van der Waals surface area contributed by atoms with Gasteiger partial charge in [-0.25, -0.2) is 0 Å². The molecule has 1 N–H and O–H groups in total. The van der Waals surface area contributed by atoms with E-state index in [1.54, 1.807) is 0 Å². The van der Waals surface area contributed by atoms with Gasteiger partial charge in [0.1, 0.15) is 0 Å². The van der Waals surface area contributed by atoms with Gasteiger partial charge in [-0.2, -0.15) is 4.98 Å². The first-order valence-corrected chi connectivity index (χ1v) is 6.94. The van der Waals surface area contributed by atoms with E-state index in [0.717, 1.165) is 21.3 Å². The Morgan fingerprint density at radius 3 is 2.45 bits per heavy atom. The summed E-state index contributed by atoms with van der Waals surface area (Å²) in [7, 11) is 1.86. The highest BCUT2D eigenvalue weighted by atomic mass is 79.9. The molecular formula is C15H12BrN3O. The van der Waals surface area contributed by atoms with E-state index in [4.69, 9.17) is 4.52 Å². The predicted octanol–water partition coefficient (Wildman–Crippen LogP) is 4.21. The Kier molecular flexibility index (Phi) is 3.52. The molecule has 0 fully saturated rings. The fraction of sp³-hybridized carbons (Fsp3) is 0.0667. The molecule has 100 valence electrons. The van der Waals surface area contributed by atoms with E-state index < -0.39 is 0 Å². The average molecular weight is 330 g/mol. The fourth-order valence-corrected chi connectivity index (χ4v) is 2.43. The number of nitrogens with zero attached hydrogens (tertiary/aromatic N) is 2. The molecule has 4 nitrogen and oxygen atoms in total. The zero-order chi connectivity index (χ0) is 13.9. The monoisotopic (exact) mass is 329 g/mol. The van der Waals surface area contributed by atoms with E-state index in [9.17, 15) is 0 Å². The summed E-state index contributed by atoms with van der Waals surface area (Å²) in [5.74, 6) is 1.07. The summed E-state index contributed by atoms with van der Waals surface area (Å²) in [5, 5.41) is 7.17. The normalized spacial score (nSPS) is 10.5. The molecule has 3 rings (SSSR count). The van der Waals surface area contributed by atoms with Crippen LogP contribution in [0.2, 0.25) is 0 Å². The molecule has 0 atom stereocenters. The van der Waals surface area contributed by atoms with Gasteiger partial charge in [0.2, 0.25) is 5.82 Å². The second kappa shape index (κ2) is 5.46. The molecule has 0 amide bonds. The van der Waals surface area contributed by atoms with Crippen molar-refractivity contribution in [1.29, 1.82) is 0 Å². The summed E-state index contributed by atoms with van der Waals surface area (Å²) >= 11 is 3.49. The summed E-state index contributed by atoms with van der Waals surface area (Å²) in [6.07, 6.45) is 0. The molecule has 0 radical (unpaired) electrons. The molecule has 2 aromatic carbocycles. The summed E-state index contributed by atoms with van der Waals surface area (Å²) in [5.41, 5.74) is 2.75. The molecule has 20 heavy (non-hydrogen) atoms. The molecule has 0 saturated heterocycles. The van der Waals surface area contributed by atoms with Crippen LogP contribution in [0.3, 0.4) is 0 Å². The van der Waals surface area contributed by atoms with Crippen LogP contribution in [-0.4, -0.2) is 17.2 Å². The maximum atomic E-state index is 5.38. The van der Waals surface area contributed by atoms with Crippen LogP contribution in [0.5, 0.6) is 0 Å². The molecule has 0 aliphatic heterocycles. The van der Waals surface area contributed by atoms with Crippen molar-refractivity contribution >= 4 is 21.6 Å². The van der Waals surface area contributed by atoms with Crippen LogP contribution in [0.1, 0.15) is 0 Å². The minimum Gasteiger partial charge on any atom is -0.387 e. The lowest BCUT2D eigenvalue weighted by atomic mass is 10.1. The summed E-state index contributed by atoms with van der Waals surface area (Å²) in [4.78, 5) is 4.47. The summed E-state index contributed by atoms with van der Waals surface area (Å²) < 4.78 is 6.32. The SMILES string of the molecule is CNc1ccccc1-c1nc(-c2ccccc2Br)no1. The molecule has 0 aliphatic rings. The molecule has 1 aromatic heterocycles. The Morgan fingerprint density at radius 2 is 1.70 bits per heavy atom. The lowest BCUT2D eigenvalue weighted by molar-refractivity contribution is 0.432. The number of hydrogen-bond donors (Lipinski definition) is 1. The summed E-state index contributed by atoms with van der Waals surface area (Å²) in [6.45, 7) is 0. The molecule has 3 aromatic rings. The van der Waals surface area contributed by atoms with E-state index in [1.807, 2.05) is 55.6 Å². The number of halogens is 1. The highest BCUT2D eigenvalue weighted by Gasteiger charge is 2.14. The van der Waals surface area contributed by atoms with Gasteiger partial charge in [0.05, 0.1) is 5.56 Å². The van der Waals surface area contributed by atoms with Crippen LogP contribution >= 0.6 is 15.9 Å². The minimum absolute atomic E-state index is 0.501. The number of anilines is 1. The van der Waals surface area contributed by atoms with Crippen molar-refractivity contribution in [2.24, 2.45) is 0 Å². The largest absolute Gasteiger partial charge is 0.387 e. The van der Waals surface area contributed by atoms with E-state index in [-0.39, 0.29) is 0 Å². The van der Waals surface area contributed by atoms with Crippen molar-refractivity contribution in [2.45, 2.75) is 0 Å². The molecule has 1 heterocycles. The van der Waals surface area contributed by atoms with E-state index in [2.05, 4.69) is 31.4 Å². The molecule has 0 aliphatic carbocycles. The van der Waals surface area contributed by atoms with Gasteiger partial charge < -0.3 is 9.84 Å². The second-order valence-electron chi connectivity index (χ2n) is 4.20. The zero-order valence-corrected chi connectivity index (χ0v) is 12.4. The number of aromatic nitrogens is 2. The highest BCUT2D eigenvalue weighted by molar-refractivity contribution is 9.10. The molecular weight excluding hydrogens is 318 g/mol. The van der Waals surface area contributed by atoms with Gasteiger partial charge in [-0.05, 0) is 24.3 Å². The van der Waals surface area contributed by atoms with Crippen LogP contribution in [0, 0.1) is 0 Å². The van der Waals surface area contributed by atoms with Crippen molar-refractivity contribution < 1.29 is 4.52 Å². The number of rotatable bonds is 3. The Bertz CT molecular complexity index is 739. The van der Waals surface area contributed by atoms with Crippen LogP contribution in [0.15, 0.2) is 57.5 Å². The third kappa shape index (κ3) is 2.32. The van der Waals surface area contributed by atoms with Gasteiger partial charge >= 0.3 is 0 Å². The van der Waals surface area contributed by atoms with E-state index in [1.165, 1.54) is 0 Å². The first-order valence-electron chi connectivity index (χ1n) is 6.15. The number of nitrogens with one attached hydrogen (secondary N) is 1. The quantitative estimate of drug-likeness (QED) is 0.782. The van der Waals surface area contributed by atoms with Crippen LogP contribution in [0.4, 0.5) is 5.69 Å². The third-order valence-corrected chi connectivity index (χ3v) is 3.66. The Labute approximate surface area is 125 Å². The fourth-order valence-electron chi connectivity index (χ4n) is 1.97. The molecule has 0 saturated carbocycles. The maximum Gasteiger partial charge on any atom is 0.260 e. The van der Waals surface area contributed by atoms with Crippen LogP contribution < -0.4 is 5.32 Å².